The third kappa shape index (κ3) is 6.34. The fraction of sp³-hybridized carbons (Fsp3) is 0.533. The summed E-state index contributed by atoms with van der Waals surface area (Å²) in [4.78, 5) is 11.8. The van der Waals surface area contributed by atoms with Crippen LogP contribution in [0.25, 0.3) is 0 Å². The normalized spacial score (nSPS) is 12.2. The van der Waals surface area contributed by atoms with E-state index in [1.807, 2.05) is 0 Å². The van der Waals surface area contributed by atoms with Gasteiger partial charge in [0.1, 0.15) is 5.82 Å². The van der Waals surface area contributed by atoms with E-state index in [4.69, 9.17) is 5.73 Å². The average Bonchev–Trinajstić information content (AvgIpc) is 2.36. The maximum Gasteiger partial charge on any atom is 0.224 e. The van der Waals surface area contributed by atoms with Crippen LogP contribution in [0.4, 0.5) is 10.1 Å². The van der Waals surface area contributed by atoms with Crippen LogP contribution in [0.2, 0.25) is 0 Å². The first-order chi connectivity index (χ1) is 9.15. The van der Waals surface area contributed by atoms with Gasteiger partial charge in [-0.15, -0.1) is 0 Å². The first-order valence-corrected chi connectivity index (χ1v) is 6.91. The highest BCUT2D eigenvalue weighted by Crippen LogP contribution is 2.18. The molecule has 0 fully saturated rings. The Morgan fingerprint density at radius 2 is 2.16 bits per heavy atom. The van der Waals surface area contributed by atoms with E-state index in [2.05, 4.69) is 12.2 Å². The van der Waals surface area contributed by atoms with Crippen molar-refractivity contribution < 1.29 is 9.18 Å². The molecule has 4 heteroatoms. The Bertz CT molecular complexity index is 389. The Morgan fingerprint density at radius 1 is 1.37 bits per heavy atom. The largest absolute Gasteiger partial charge is 0.330 e. The molecule has 0 heterocycles. The summed E-state index contributed by atoms with van der Waals surface area (Å²) in [6, 6.07) is 5.94. The first-order valence-electron chi connectivity index (χ1n) is 6.91. The molecule has 3 nitrogen and oxygen atoms in total. The lowest BCUT2D eigenvalue weighted by atomic mass is 9.94. The molecule has 0 aromatic heterocycles. The van der Waals surface area contributed by atoms with Gasteiger partial charge in [-0.05, 0) is 43.5 Å². The minimum atomic E-state index is -0.343. The van der Waals surface area contributed by atoms with Gasteiger partial charge in [-0.2, -0.15) is 0 Å². The summed E-state index contributed by atoms with van der Waals surface area (Å²) in [5.41, 5.74) is 6.07. The second-order valence-corrected chi connectivity index (χ2v) is 4.83. The van der Waals surface area contributed by atoms with Gasteiger partial charge in [-0.1, -0.05) is 25.8 Å². The molecule has 0 aliphatic carbocycles. The highest BCUT2D eigenvalue weighted by molar-refractivity contribution is 5.90. The number of nitrogens with one attached hydrogen (secondary N) is 1. The molecule has 0 aliphatic heterocycles. The zero-order valence-electron chi connectivity index (χ0n) is 11.5. The van der Waals surface area contributed by atoms with Crippen LogP contribution in [0, 0.1) is 11.7 Å². The van der Waals surface area contributed by atoms with E-state index >= 15 is 0 Å². The Labute approximate surface area is 114 Å². The summed E-state index contributed by atoms with van der Waals surface area (Å²) < 4.78 is 13.0. The van der Waals surface area contributed by atoms with E-state index in [0.717, 1.165) is 25.7 Å². The molecule has 0 bridgehead atoms. The lowest BCUT2D eigenvalue weighted by Crippen LogP contribution is -2.15. The molecular weight excluding hydrogens is 243 g/mol. The van der Waals surface area contributed by atoms with Gasteiger partial charge in [0.25, 0.3) is 0 Å². The molecule has 0 saturated heterocycles. The SMILES string of the molecule is CCCC(CCN)CCC(=O)Nc1cccc(F)c1. The van der Waals surface area contributed by atoms with Gasteiger partial charge in [-0.3, -0.25) is 4.79 Å². The molecule has 1 atom stereocenters. The van der Waals surface area contributed by atoms with Crippen LogP contribution >= 0.6 is 0 Å². The van der Waals surface area contributed by atoms with Crippen molar-refractivity contribution in [3.63, 3.8) is 0 Å². The van der Waals surface area contributed by atoms with Gasteiger partial charge in [0.2, 0.25) is 5.91 Å². The predicted octanol–water partition coefficient (Wildman–Crippen LogP) is 3.31. The maximum atomic E-state index is 13.0. The summed E-state index contributed by atoms with van der Waals surface area (Å²) in [5.74, 6) is 0.0989. The van der Waals surface area contributed by atoms with Crippen LogP contribution in [0.3, 0.4) is 0 Å². The highest BCUT2D eigenvalue weighted by atomic mass is 19.1. The van der Waals surface area contributed by atoms with Crippen molar-refractivity contribution in [2.45, 2.75) is 39.0 Å². The molecule has 1 unspecified atom stereocenters. The van der Waals surface area contributed by atoms with E-state index < -0.39 is 0 Å². The minimum Gasteiger partial charge on any atom is -0.330 e. The van der Waals surface area contributed by atoms with Crippen LogP contribution in [0.5, 0.6) is 0 Å². The maximum absolute atomic E-state index is 13.0. The lowest BCUT2D eigenvalue weighted by Gasteiger charge is -2.14. The Balaban J connectivity index is 2.38. The quantitative estimate of drug-likeness (QED) is 0.758. The van der Waals surface area contributed by atoms with E-state index in [1.165, 1.54) is 12.1 Å². The predicted molar refractivity (Wildman–Crippen MR) is 76.3 cm³/mol. The van der Waals surface area contributed by atoms with Crippen molar-refractivity contribution in [3.8, 4) is 0 Å². The number of halogens is 1. The van der Waals surface area contributed by atoms with E-state index in [0.29, 0.717) is 24.6 Å². The fourth-order valence-corrected chi connectivity index (χ4v) is 2.20. The molecule has 3 N–H and O–H groups in total. The summed E-state index contributed by atoms with van der Waals surface area (Å²) in [5, 5.41) is 2.71. The topological polar surface area (TPSA) is 55.1 Å². The highest BCUT2D eigenvalue weighted by Gasteiger charge is 2.10. The van der Waals surface area contributed by atoms with Crippen LogP contribution in [-0.4, -0.2) is 12.5 Å². The summed E-state index contributed by atoms with van der Waals surface area (Å²) >= 11 is 0. The van der Waals surface area contributed by atoms with Crippen LogP contribution in [0.1, 0.15) is 39.0 Å². The van der Waals surface area contributed by atoms with Crippen molar-refractivity contribution in [2.24, 2.45) is 11.7 Å². The van der Waals surface area contributed by atoms with E-state index in [1.54, 1.807) is 12.1 Å². The monoisotopic (exact) mass is 266 g/mol. The molecule has 0 spiro atoms. The van der Waals surface area contributed by atoms with Crippen molar-refractivity contribution in [1.29, 1.82) is 0 Å². The number of rotatable bonds is 8. The zero-order chi connectivity index (χ0) is 14.1. The van der Waals surface area contributed by atoms with Crippen molar-refractivity contribution in [1.82, 2.24) is 0 Å². The Hall–Kier alpha value is -1.42. The van der Waals surface area contributed by atoms with Crippen LogP contribution in [-0.2, 0) is 4.79 Å². The number of nitrogens with two attached hydrogens (primary N) is 1. The smallest absolute Gasteiger partial charge is 0.224 e. The number of benzene rings is 1. The van der Waals surface area contributed by atoms with Crippen LogP contribution < -0.4 is 11.1 Å². The van der Waals surface area contributed by atoms with Crippen molar-refractivity contribution >= 4 is 11.6 Å². The van der Waals surface area contributed by atoms with Crippen molar-refractivity contribution in [3.05, 3.63) is 30.1 Å². The second kappa shape index (κ2) is 8.64. The third-order valence-corrected chi connectivity index (χ3v) is 3.16. The third-order valence-electron chi connectivity index (χ3n) is 3.16. The molecule has 0 radical (unpaired) electrons. The standard InChI is InChI=1S/C15H23FN2O/c1-2-4-12(9-10-17)7-8-15(19)18-14-6-3-5-13(16)11-14/h3,5-6,11-12H,2,4,7-10,17H2,1H3,(H,18,19). The van der Waals surface area contributed by atoms with E-state index in [9.17, 15) is 9.18 Å². The first kappa shape index (κ1) is 15.6. The van der Waals surface area contributed by atoms with E-state index in [-0.39, 0.29) is 11.7 Å². The van der Waals surface area contributed by atoms with Gasteiger partial charge in [0.15, 0.2) is 0 Å². The summed E-state index contributed by atoms with van der Waals surface area (Å²) in [6.45, 7) is 2.80. The molecule has 0 saturated carbocycles. The molecule has 1 rings (SSSR count). The Kier molecular flexibility index (Phi) is 7.11. The van der Waals surface area contributed by atoms with Crippen LogP contribution in [0.15, 0.2) is 24.3 Å². The number of carbonyl (C=O) groups is 1. The van der Waals surface area contributed by atoms with Crippen molar-refractivity contribution in [2.75, 3.05) is 11.9 Å². The number of hydrogen-bond donors (Lipinski definition) is 2. The van der Waals surface area contributed by atoms with Gasteiger partial charge in [-0.25, -0.2) is 4.39 Å². The van der Waals surface area contributed by atoms with Gasteiger partial charge in [0.05, 0.1) is 0 Å². The molecule has 106 valence electrons. The molecule has 1 aromatic rings. The number of anilines is 1. The van der Waals surface area contributed by atoms with Gasteiger partial charge >= 0.3 is 0 Å². The fourth-order valence-electron chi connectivity index (χ4n) is 2.20. The molecule has 19 heavy (non-hydrogen) atoms. The molecular formula is C15H23FN2O. The second-order valence-electron chi connectivity index (χ2n) is 4.83. The summed E-state index contributed by atoms with van der Waals surface area (Å²) in [6.07, 6.45) is 4.47. The number of hydrogen-bond acceptors (Lipinski definition) is 2. The van der Waals surface area contributed by atoms with Gasteiger partial charge < -0.3 is 11.1 Å². The zero-order valence-corrected chi connectivity index (χ0v) is 11.5. The molecule has 0 aliphatic rings. The lowest BCUT2D eigenvalue weighted by molar-refractivity contribution is -0.116. The molecule has 1 aromatic carbocycles. The van der Waals surface area contributed by atoms with Gasteiger partial charge in [0, 0.05) is 12.1 Å². The average molecular weight is 266 g/mol. The Morgan fingerprint density at radius 3 is 2.79 bits per heavy atom. The summed E-state index contributed by atoms with van der Waals surface area (Å²) in [7, 11) is 0. The number of carbonyl (C=O) groups excluding carboxylic acids is 1. The molecule has 1 amide bonds. The number of amides is 1. The minimum absolute atomic E-state index is 0.0660.